The minimum atomic E-state index is -0.522. The zero-order valence-electron chi connectivity index (χ0n) is 11.2. The maximum Gasteiger partial charge on any atom is 0.255 e. The molecule has 1 aromatic heterocycles. The van der Waals surface area contributed by atoms with Crippen molar-refractivity contribution in [2.45, 2.75) is 0 Å². The Labute approximate surface area is 119 Å². The summed E-state index contributed by atoms with van der Waals surface area (Å²) in [5, 5.41) is 10.1. The van der Waals surface area contributed by atoms with Crippen LogP contribution in [-0.2, 0) is 0 Å². The number of aromatic nitrogens is 2. The summed E-state index contributed by atoms with van der Waals surface area (Å²) >= 11 is 0. The highest BCUT2D eigenvalue weighted by atomic mass is 19.1. The van der Waals surface area contributed by atoms with Crippen LogP contribution < -0.4 is 10.1 Å². The van der Waals surface area contributed by atoms with Crippen molar-refractivity contribution < 1.29 is 13.9 Å². The number of rotatable bonds is 3. The number of carbonyl (C=O) groups excluding carboxylic acids is 1. The third-order valence-electron chi connectivity index (χ3n) is 3.13. The summed E-state index contributed by atoms with van der Waals surface area (Å²) in [6.45, 7) is 0. The Morgan fingerprint density at radius 1 is 1.29 bits per heavy atom. The summed E-state index contributed by atoms with van der Waals surface area (Å²) in [5.74, 6) is -0.457. The molecule has 0 saturated carbocycles. The van der Waals surface area contributed by atoms with Gasteiger partial charge in [0, 0.05) is 17.0 Å². The number of benzene rings is 2. The average molecular weight is 285 g/mol. The Morgan fingerprint density at radius 3 is 2.95 bits per heavy atom. The number of halogens is 1. The molecule has 0 bridgehead atoms. The zero-order chi connectivity index (χ0) is 14.8. The SMILES string of the molecule is COc1ccc(F)c(NC(=O)c2ccc3cn[nH]c3c2)c1. The fraction of sp³-hybridized carbons (Fsp3) is 0.0667. The van der Waals surface area contributed by atoms with Crippen LogP contribution in [0.4, 0.5) is 10.1 Å². The molecule has 6 heteroatoms. The van der Waals surface area contributed by atoms with Gasteiger partial charge < -0.3 is 10.1 Å². The van der Waals surface area contributed by atoms with Gasteiger partial charge >= 0.3 is 0 Å². The average Bonchev–Trinajstić information content (AvgIpc) is 2.96. The van der Waals surface area contributed by atoms with Gasteiger partial charge in [0.1, 0.15) is 11.6 Å². The van der Waals surface area contributed by atoms with Crippen molar-refractivity contribution in [1.29, 1.82) is 0 Å². The Hall–Kier alpha value is -2.89. The first-order chi connectivity index (χ1) is 10.2. The molecule has 0 radical (unpaired) electrons. The van der Waals surface area contributed by atoms with E-state index in [2.05, 4.69) is 15.5 Å². The largest absolute Gasteiger partial charge is 0.497 e. The van der Waals surface area contributed by atoms with Crippen LogP contribution in [0.1, 0.15) is 10.4 Å². The van der Waals surface area contributed by atoms with E-state index in [0.29, 0.717) is 11.3 Å². The minimum absolute atomic E-state index is 0.0732. The number of amides is 1. The monoisotopic (exact) mass is 285 g/mol. The van der Waals surface area contributed by atoms with Crippen molar-refractivity contribution in [3.8, 4) is 5.75 Å². The van der Waals surface area contributed by atoms with Gasteiger partial charge in [-0.3, -0.25) is 9.89 Å². The van der Waals surface area contributed by atoms with Crippen LogP contribution >= 0.6 is 0 Å². The second-order valence-electron chi connectivity index (χ2n) is 4.47. The lowest BCUT2D eigenvalue weighted by Gasteiger charge is -2.08. The summed E-state index contributed by atoms with van der Waals surface area (Å²) in [6.07, 6.45) is 1.67. The molecule has 1 amide bonds. The van der Waals surface area contributed by atoms with Crippen molar-refractivity contribution in [2.75, 3.05) is 12.4 Å². The molecule has 0 fully saturated rings. The summed E-state index contributed by atoms with van der Waals surface area (Å²) in [4.78, 5) is 12.2. The molecular formula is C15H12FN3O2. The molecule has 1 heterocycles. The molecule has 3 rings (SSSR count). The molecule has 0 aliphatic rings. The molecule has 3 aromatic rings. The lowest BCUT2D eigenvalue weighted by atomic mass is 10.1. The van der Waals surface area contributed by atoms with Gasteiger partial charge in [-0.1, -0.05) is 6.07 Å². The number of aromatic amines is 1. The Morgan fingerprint density at radius 2 is 2.14 bits per heavy atom. The topological polar surface area (TPSA) is 67.0 Å². The fourth-order valence-electron chi connectivity index (χ4n) is 2.00. The first kappa shape index (κ1) is 13.1. The highest BCUT2D eigenvalue weighted by Crippen LogP contribution is 2.22. The summed E-state index contributed by atoms with van der Waals surface area (Å²) < 4.78 is 18.7. The lowest BCUT2D eigenvalue weighted by Crippen LogP contribution is -2.13. The van der Waals surface area contributed by atoms with Crippen LogP contribution in [0.15, 0.2) is 42.6 Å². The smallest absolute Gasteiger partial charge is 0.255 e. The molecular weight excluding hydrogens is 273 g/mol. The summed E-state index contributed by atoms with van der Waals surface area (Å²) in [6, 6.07) is 9.26. The fourth-order valence-corrected chi connectivity index (χ4v) is 2.00. The van der Waals surface area contributed by atoms with E-state index in [1.807, 2.05) is 0 Å². The second kappa shape index (κ2) is 5.24. The van der Waals surface area contributed by atoms with E-state index in [1.165, 1.54) is 25.3 Å². The zero-order valence-corrected chi connectivity index (χ0v) is 11.2. The van der Waals surface area contributed by atoms with Crippen LogP contribution in [0.2, 0.25) is 0 Å². The maximum absolute atomic E-state index is 13.7. The van der Waals surface area contributed by atoms with Gasteiger partial charge in [-0.05, 0) is 24.3 Å². The van der Waals surface area contributed by atoms with Gasteiger partial charge in [0.05, 0.1) is 24.5 Å². The number of nitrogens with one attached hydrogen (secondary N) is 2. The molecule has 2 N–H and O–H groups in total. The Balaban J connectivity index is 1.88. The first-order valence-electron chi connectivity index (χ1n) is 6.25. The minimum Gasteiger partial charge on any atom is -0.497 e. The predicted octanol–water partition coefficient (Wildman–Crippen LogP) is 2.96. The third kappa shape index (κ3) is 2.55. The van der Waals surface area contributed by atoms with Gasteiger partial charge in [-0.15, -0.1) is 0 Å². The molecule has 21 heavy (non-hydrogen) atoms. The van der Waals surface area contributed by atoms with Gasteiger partial charge in [0.15, 0.2) is 0 Å². The van der Waals surface area contributed by atoms with E-state index < -0.39 is 11.7 Å². The summed E-state index contributed by atoms with van der Waals surface area (Å²) in [7, 11) is 1.48. The predicted molar refractivity (Wildman–Crippen MR) is 77.0 cm³/mol. The molecule has 0 aliphatic carbocycles. The Bertz CT molecular complexity index is 814. The van der Waals surface area contributed by atoms with Crippen molar-refractivity contribution in [1.82, 2.24) is 10.2 Å². The highest BCUT2D eigenvalue weighted by Gasteiger charge is 2.11. The number of hydrogen-bond donors (Lipinski definition) is 2. The number of methoxy groups -OCH3 is 1. The van der Waals surface area contributed by atoms with E-state index in [9.17, 15) is 9.18 Å². The van der Waals surface area contributed by atoms with E-state index in [4.69, 9.17) is 4.74 Å². The maximum atomic E-state index is 13.7. The lowest BCUT2D eigenvalue weighted by molar-refractivity contribution is 0.102. The number of anilines is 1. The normalized spacial score (nSPS) is 10.6. The van der Waals surface area contributed by atoms with Gasteiger partial charge in [-0.2, -0.15) is 5.10 Å². The molecule has 0 atom stereocenters. The van der Waals surface area contributed by atoms with Gasteiger partial charge in [0.25, 0.3) is 5.91 Å². The number of carbonyl (C=O) groups is 1. The number of hydrogen-bond acceptors (Lipinski definition) is 3. The molecule has 0 spiro atoms. The molecule has 2 aromatic carbocycles. The quantitative estimate of drug-likeness (QED) is 0.777. The molecule has 0 saturated heterocycles. The number of fused-ring (bicyclic) bond motifs is 1. The first-order valence-corrected chi connectivity index (χ1v) is 6.25. The molecule has 0 unspecified atom stereocenters. The third-order valence-corrected chi connectivity index (χ3v) is 3.13. The van der Waals surface area contributed by atoms with Crippen LogP contribution in [0.25, 0.3) is 10.9 Å². The van der Waals surface area contributed by atoms with Crippen LogP contribution in [0, 0.1) is 5.82 Å². The Kier molecular flexibility index (Phi) is 3.27. The molecule has 106 valence electrons. The van der Waals surface area contributed by atoms with Crippen molar-refractivity contribution in [3.05, 3.63) is 54.0 Å². The number of nitrogens with zero attached hydrogens (tertiary/aromatic N) is 1. The van der Waals surface area contributed by atoms with E-state index >= 15 is 0 Å². The van der Waals surface area contributed by atoms with E-state index in [0.717, 1.165) is 10.9 Å². The summed E-state index contributed by atoms with van der Waals surface area (Å²) in [5.41, 5.74) is 1.23. The second-order valence-corrected chi connectivity index (χ2v) is 4.47. The van der Waals surface area contributed by atoms with Gasteiger partial charge in [0.2, 0.25) is 0 Å². The number of H-pyrrole nitrogens is 1. The van der Waals surface area contributed by atoms with Crippen LogP contribution in [0.5, 0.6) is 5.75 Å². The molecule has 0 aliphatic heterocycles. The number of ether oxygens (including phenoxy) is 1. The molecule has 5 nitrogen and oxygen atoms in total. The van der Waals surface area contributed by atoms with Crippen LogP contribution in [-0.4, -0.2) is 23.2 Å². The van der Waals surface area contributed by atoms with Crippen molar-refractivity contribution >= 4 is 22.5 Å². The van der Waals surface area contributed by atoms with Gasteiger partial charge in [-0.25, -0.2) is 4.39 Å². The van der Waals surface area contributed by atoms with Crippen LogP contribution in [0.3, 0.4) is 0 Å². The van der Waals surface area contributed by atoms with E-state index in [1.54, 1.807) is 24.4 Å². The van der Waals surface area contributed by atoms with Crippen molar-refractivity contribution in [3.63, 3.8) is 0 Å². The van der Waals surface area contributed by atoms with Crippen molar-refractivity contribution in [2.24, 2.45) is 0 Å². The standard InChI is InChI=1S/C15H12FN3O2/c1-21-11-4-5-12(16)14(7-11)18-15(20)9-2-3-10-8-17-19-13(10)6-9/h2-8H,1H3,(H,17,19)(H,18,20). The van der Waals surface area contributed by atoms with E-state index in [-0.39, 0.29) is 5.69 Å². The highest BCUT2D eigenvalue weighted by molar-refractivity contribution is 6.06.